The number of unbranched alkanes of at least 4 members (excludes halogenated alkanes) is 7. The van der Waals surface area contributed by atoms with Gasteiger partial charge in [-0.05, 0) is 69.8 Å². The van der Waals surface area contributed by atoms with E-state index in [4.69, 9.17) is 0 Å². The minimum absolute atomic E-state index is 0.0343. The fraction of sp³-hybridized carbons (Fsp3) is 0.690. The third-order valence-corrected chi connectivity index (χ3v) is 15.3. The molecule has 32 heteroatoms. The summed E-state index contributed by atoms with van der Waals surface area (Å²) in [5, 5.41) is 61.7. The fourth-order valence-corrected chi connectivity index (χ4v) is 10.2. The number of hydrogen-bond donors (Lipinski definition) is 14. The summed E-state index contributed by atoms with van der Waals surface area (Å²) >= 11 is 0. The minimum atomic E-state index is -2.04. The van der Waals surface area contributed by atoms with E-state index >= 15 is 0 Å². The lowest BCUT2D eigenvalue weighted by Gasteiger charge is -2.37. The average Bonchev–Trinajstić information content (AvgIpc) is 3.18. The first-order valence-electron chi connectivity index (χ1n) is 30.6. The lowest BCUT2D eigenvalue weighted by molar-refractivity contribution is -0.146. The fourth-order valence-electron chi connectivity index (χ4n) is 10.2. The highest BCUT2D eigenvalue weighted by Gasteiger charge is 2.43. The predicted molar refractivity (Wildman–Crippen MR) is 316 cm³/mol. The van der Waals surface area contributed by atoms with Gasteiger partial charge in [-0.15, -0.1) is 0 Å². The maximum absolute atomic E-state index is 14.8. The molecule has 3 rings (SSSR count). The van der Waals surface area contributed by atoms with E-state index in [0.29, 0.717) is 25.2 Å². The molecule has 0 radical (unpaired) electrons. The summed E-state index contributed by atoms with van der Waals surface area (Å²) in [4.78, 5) is 215. The van der Waals surface area contributed by atoms with Crippen molar-refractivity contribution in [3.63, 3.8) is 0 Å². The highest BCUT2D eigenvalue weighted by atomic mass is 16.4. The molecule has 0 aromatic rings. The van der Waals surface area contributed by atoms with Crippen molar-refractivity contribution < 1.29 is 97.1 Å². The maximum Gasteiger partial charge on any atom is 0.305 e. The number of carboxylic acids is 3. The van der Waals surface area contributed by atoms with Crippen LogP contribution in [0.4, 0.5) is 0 Å². The van der Waals surface area contributed by atoms with Gasteiger partial charge in [0.1, 0.15) is 54.8 Å². The monoisotopic (exact) mass is 1270 g/mol. The SMILES string of the molecule is CC[C@@H](C)[C@@H]1NC(=O)[C@H]([C@@H](C)O)NC(=O)CC(=O)NC(=O)[C@H](CC(=O)O)NC(=O)CNC(=O)[C@H](CC(=O)O)NC(=O)CNC(=O)[C@@H]2CCCCN2C(=O)[C@@H](NC(=O)[C@H](CC(=O)O)NC(=O)/C=C/CCCCCCCCCC(C)C)CNC(=O)[C@@H]2CCCN2C1=O. The quantitative estimate of drug-likeness (QED) is 0.0213. The number of aliphatic hydroxyl groups excluding tert-OH is 1. The molecular formula is C58H90N12O20. The van der Waals surface area contributed by atoms with Crippen LogP contribution in [0.3, 0.4) is 0 Å². The summed E-state index contributed by atoms with van der Waals surface area (Å²) in [6, 6.07) is -13.6. The standard InChI is InChI=1S/C58H90N12O20/c1-6-33(4)49-58(90)70-24-18-21-40(70)54(86)59-29-38(65-52(84)36(26-47(79)80)62-41(72)22-15-13-11-9-7-8-10-12-14-19-32(2)3)57(89)69-23-17-16-20-39(69)55(87)61-31-45(76)63-35(25-46(77)78)51(83)60-30-44(75)64-37(27-48(81)82)53(85)67-43(74)28-42(73)66-50(34(5)71)56(88)68-49/h15,22,32-40,49-50,71H,6-14,16-21,23-31H2,1-5H3,(H,59,86)(H,60,83)(H,61,87)(H,62,72)(H,63,76)(H,64,75)(H,65,84)(H,66,73)(H,68,88)(H,77,78)(H,79,80)(H,81,82)(H,67,74,85)/b22-15+/t33-,34-,35+,36+,37+,38+,39+,40+,49+,50+/m1/s1. The largest absolute Gasteiger partial charge is 0.481 e. The zero-order valence-electron chi connectivity index (χ0n) is 51.7. The third-order valence-electron chi connectivity index (χ3n) is 15.3. The molecule has 3 aliphatic rings. The molecule has 14 N–H and O–H groups in total. The van der Waals surface area contributed by atoms with Crippen LogP contribution in [0.25, 0.3) is 0 Å². The Bertz CT molecular complexity index is 2630. The Hall–Kier alpha value is -8.58. The number of rotatable bonds is 23. The second-order valence-electron chi connectivity index (χ2n) is 23.2. The van der Waals surface area contributed by atoms with Crippen LogP contribution >= 0.6 is 0 Å². The topological polar surface area (TPSA) is 481 Å². The highest BCUT2D eigenvalue weighted by Crippen LogP contribution is 2.23. The van der Waals surface area contributed by atoms with Crippen LogP contribution in [0.15, 0.2) is 12.2 Å². The normalized spacial score (nSPS) is 23.9. The van der Waals surface area contributed by atoms with E-state index in [0.717, 1.165) is 61.3 Å². The van der Waals surface area contributed by atoms with Crippen LogP contribution in [-0.2, 0) is 76.7 Å². The van der Waals surface area contributed by atoms with Gasteiger partial charge < -0.3 is 78.1 Å². The number of aliphatic hydroxyl groups is 1. The van der Waals surface area contributed by atoms with E-state index < -0.39 is 200 Å². The Morgan fingerprint density at radius 1 is 0.589 bits per heavy atom. The van der Waals surface area contributed by atoms with E-state index in [1.807, 2.05) is 10.6 Å². The van der Waals surface area contributed by atoms with E-state index in [1.165, 1.54) is 12.8 Å². The number of carboxylic acid groups (broad SMARTS) is 3. The minimum Gasteiger partial charge on any atom is -0.481 e. The molecule has 3 heterocycles. The summed E-state index contributed by atoms with van der Waals surface area (Å²) in [5.74, 6) is -19.5. The molecule has 0 aromatic carbocycles. The molecule has 32 nitrogen and oxygen atoms in total. The summed E-state index contributed by atoms with van der Waals surface area (Å²) in [6.45, 7) is 5.78. The summed E-state index contributed by atoms with van der Waals surface area (Å²) in [7, 11) is 0. The van der Waals surface area contributed by atoms with Crippen molar-refractivity contribution in [1.29, 1.82) is 0 Å². The molecule has 0 aromatic heterocycles. The molecule has 3 aliphatic heterocycles. The zero-order chi connectivity index (χ0) is 67.2. The van der Waals surface area contributed by atoms with Gasteiger partial charge in [0.2, 0.25) is 76.8 Å². The number of carbonyl (C=O) groups excluding carboxylic acids is 13. The van der Waals surface area contributed by atoms with Crippen LogP contribution in [0, 0.1) is 11.8 Å². The number of amides is 13. The van der Waals surface area contributed by atoms with Crippen molar-refractivity contribution in [2.75, 3.05) is 32.7 Å². The molecule has 0 spiro atoms. The van der Waals surface area contributed by atoms with Gasteiger partial charge in [0.15, 0.2) is 0 Å². The Balaban J connectivity index is 2.03. The average molecular weight is 1280 g/mol. The van der Waals surface area contributed by atoms with Gasteiger partial charge in [0.05, 0.1) is 38.5 Å². The van der Waals surface area contributed by atoms with Crippen molar-refractivity contribution in [2.24, 2.45) is 11.8 Å². The maximum atomic E-state index is 14.8. The number of allylic oxidation sites excluding steroid dienone is 1. The number of aliphatic carboxylic acids is 3. The Morgan fingerprint density at radius 3 is 1.71 bits per heavy atom. The first-order chi connectivity index (χ1) is 42.5. The molecule has 0 bridgehead atoms. The van der Waals surface area contributed by atoms with Crippen molar-refractivity contribution in [3.05, 3.63) is 12.2 Å². The van der Waals surface area contributed by atoms with E-state index in [2.05, 4.69) is 51.1 Å². The second kappa shape index (κ2) is 38.7. The van der Waals surface area contributed by atoms with Gasteiger partial charge >= 0.3 is 17.9 Å². The molecule has 3 saturated heterocycles. The predicted octanol–water partition coefficient (Wildman–Crippen LogP) is -2.76. The summed E-state index contributed by atoms with van der Waals surface area (Å²) < 4.78 is 0. The van der Waals surface area contributed by atoms with Gasteiger partial charge in [-0.2, -0.15) is 0 Å². The lowest BCUT2D eigenvalue weighted by Crippen LogP contribution is -2.63. The van der Waals surface area contributed by atoms with Gasteiger partial charge in [-0.1, -0.05) is 85.1 Å². The van der Waals surface area contributed by atoms with Crippen LogP contribution in [0.1, 0.15) is 157 Å². The van der Waals surface area contributed by atoms with Gasteiger partial charge in [-0.25, -0.2) is 0 Å². The third kappa shape index (κ3) is 26.6. The van der Waals surface area contributed by atoms with Crippen molar-refractivity contribution >= 4 is 94.7 Å². The number of nitrogens with one attached hydrogen (secondary N) is 10. The number of nitrogens with zero attached hydrogens (tertiary/aromatic N) is 2. The number of imide groups is 1. The molecule has 90 heavy (non-hydrogen) atoms. The number of hydrogen-bond acceptors (Lipinski definition) is 17. The summed E-state index contributed by atoms with van der Waals surface area (Å²) in [6.07, 6.45) is 6.64. The highest BCUT2D eigenvalue weighted by molar-refractivity contribution is 6.07. The zero-order valence-corrected chi connectivity index (χ0v) is 51.7. The van der Waals surface area contributed by atoms with Gasteiger partial charge in [0.25, 0.3) is 0 Å². The number of fused-ring (bicyclic) bond motifs is 2. The lowest BCUT2D eigenvalue weighted by atomic mass is 9.96. The van der Waals surface area contributed by atoms with E-state index in [-0.39, 0.29) is 38.8 Å². The van der Waals surface area contributed by atoms with Crippen LogP contribution < -0.4 is 53.2 Å². The second-order valence-corrected chi connectivity index (χ2v) is 23.2. The molecule has 3 fully saturated rings. The van der Waals surface area contributed by atoms with E-state index in [9.17, 15) is 97.1 Å². The molecule has 502 valence electrons. The van der Waals surface area contributed by atoms with Crippen LogP contribution in [0.5, 0.6) is 0 Å². The Labute approximate surface area is 521 Å². The number of piperidine rings is 1. The molecule has 0 saturated carbocycles. The molecule has 10 atom stereocenters. The smallest absolute Gasteiger partial charge is 0.305 e. The number of carbonyl (C=O) groups is 16. The molecule has 0 unspecified atom stereocenters. The van der Waals surface area contributed by atoms with Crippen LogP contribution in [-0.4, -0.2) is 212 Å². The summed E-state index contributed by atoms with van der Waals surface area (Å²) in [5.41, 5.74) is 0. The first kappa shape index (κ1) is 75.7. The van der Waals surface area contributed by atoms with Crippen molar-refractivity contribution in [2.45, 2.75) is 211 Å². The molecular weight excluding hydrogens is 1180 g/mol. The first-order valence-corrected chi connectivity index (χ1v) is 30.6. The van der Waals surface area contributed by atoms with E-state index in [1.54, 1.807) is 25.2 Å². The molecule has 13 amide bonds. The Kier molecular flexibility index (Phi) is 32.6. The Morgan fingerprint density at radius 2 is 1.13 bits per heavy atom. The van der Waals surface area contributed by atoms with Gasteiger partial charge in [0, 0.05) is 19.6 Å². The molecule has 0 aliphatic carbocycles. The van der Waals surface area contributed by atoms with Crippen molar-refractivity contribution in [3.8, 4) is 0 Å². The van der Waals surface area contributed by atoms with Crippen molar-refractivity contribution in [1.82, 2.24) is 63.0 Å². The van der Waals surface area contributed by atoms with Crippen LogP contribution in [0.2, 0.25) is 0 Å². The van der Waals surface area contributed by atoms with Gasteiger partial charge in [-0.3, -0.25) is 82.0 Å².